The third-order valence-corrected chi connectivity index (χ3v) is 2.82. The molecule has 1 aromatic heterocycles. The van der Waals surface area contributed by atoms with Crippen LogP contribution in [0.4, 0.5) is 0 Å². The van der Waals surface area contributed by atoms with Crippen LogP contribution in [0.2, 0.25) is 0 Å². The fourth-order valence-electron chi connectivity index (χ4n) is 1.83. The number of H-pyrrole nitrogens is 1. The van der Waals surface area contributed by atoms with E-state index in [1.165, 1.54) is 10.9 Å². The molecule has 0 fully saturated rings. The molecular formula is C15H11N3O3. The molecule has 3 aromatic rings. The average molecular weight is 281 g/mol. The van der Waals surface area contributed by atoms with Crippen molar-refractivity contribution in [2.45, 2.75) is 0 Å². The SMILES string of the molecule is O=c1ncn(-c2ccc(Oc3ccccc3)cc2)c(=O)[nH]1. The van der Waals surface area contributed by atoms with Gasteiger partial charge in [-0.3, -0.25) is 9.55 Å². The predicted molar refractivity (Wildman–Crippen MR) is 77.0 cm³/mol. The number of hydrogen-bond acceptors (Lipinski definition) is 4. The fraction of sp³-hybridized carbons (Fsp3) is 0. The molecule has 0 aliphatic rings. The molecule has 0 unspecified atom stereocenters. The van der Waals surface area contributed by atoms with Gasteiger partial charge in [-0.1, -0.05) is 18.2 Å². The van der Waals surface area contributed by atoms with E-state index in [0.29, 0.717) is 11.4 Å². The third kappa shape index (κ3) is 2.89. The van der Waals surface area contributed by atoms with E-state index in [9.17, 15) is 9.59 Å². The number of ether oxygens (including phenoxy) is 1. The normalized spacial score (nSPS) is 10.3. The Morgan fingerprint density at radius 2 is 1.57 bits per heavy atom. The van der Waals surface area contributed by atoms with Crippen LogP contribution in [-0.4, -0.2) is 14.5 Å². The van der Waals surface area contributed by atoms with Gasteiger partial charge in [-0.25, -0.2) is 9.59 Å². The Kier molecular flexibility index (Phi) is 3.34. The lowest BCUT2D eigenvalue weighted by Crippen LogP contribution is -2.29. The van der Waals surface area contributed by atoms with Gasteiger partial charge in [-0.2, -0.15) is 4.98 Å². The van der Waals surface area contributed by atoms with Gasteiger partial charge in [-0.15, -0.1) is 0 Å². The molecule has 0 radical (unpaired) electrons. The summed E-state index contributed by atoms with van der Waals surface area (Å²) in [6.07, 6.45) is 1.19. The second-order valence-electron chi connectivity index (χ2n) is 4.26. The van der Waals surface area contributed by atoms with Crippen molar-refractivity contribution in [2.24, 2.45) is 0 Å². The van der Waals surface area contributed by atoms with E-state index in [1.54, 1.807) is 24.3 Å². The van der Waals surface area contributed by atoms with Crippen LogP contribution in [0.15, 0.2) is 70.5 Å². The average Bonchev–Trinajstić information content (AvgIpc) is 2.49. The highest BCUT2D eigenvalue weighted by molar-refractivity contribution is 5.39. The maximum absolute atomic E-state index is 11.7. The molecule has 6 nitrogen and oxygen atoms in total. The van der Waals surface area contributed by atoms with Crippen LogP contribution in [0.3, 0.4) is 0 Å². The van der Waals surface area contributed by atoms with Crippen molar-refractivity contribution < 1.29 is 4.74 Å². The molecule has 1 heterocycles. The van der Waals surface area contributed by atoms with Gasteiger partial charge in [0.25, 0.3) is 0 Å². The van der Waals surface area contributed by atoms with Crippen molar-refractivity contribution in [3.05, 3.63) is 81.9 Å². The molecule has 2 aromatic carbocycles. The Labute approximate surface area is 119 Å². The number of benzene rings is 2. The summed E-state index contributed by atoms with van der Waals surface area (Å²) in [4.78, 5) is 28.2. The minimum absolute atomic E-state index is 0.535. The van der Waals surface area contributed by atoms with Gasteiger partial charge in [0.15, 0.2) is 0 Å². The second kappa shape index (κ2) is 5.46. The first-order valence-corrected chi connectivity index (χ1v) is 6.24. The van der Waals surface area contributed by atoms with Crippen LogP contribution in [0.5, 0.6) is 11.5 Å². The smallest absolute Gasteiger partial charge is 0.350 e. The summed E-state index contributed by atoms with van der Waals surface area (Å²) in [5.74, 6) is 1.38. The molecular weight excluding hydrogens is 270 g/mol. The van der Waals surface area contributed by atoms with Crippen LogP contribution >= 0.6 is 0 Å². The number of nitrogens with one attached hydrogen (secondary N) is 1. The van der Waals surface area contributed by atoms with E-state index < -0.39 is 11.4 Å². The summed E-state index contributed by atoms with van der Waals surface area (Å²) >= 11 is 0. The summed E-state index contributed by atoms with van der Waals surface area (Å²) in [5.41, 5.74) is -0.615. The van der Waals surface area contributed by atoms with Gasteiger partial charge in [0.05, 0.1) is 5.69 Å². The number of para-hydroxylation sites is 1. The molecule has 0 saturated heterocycles. The zero-order valence-electron chi connectivity index (χ0n) is 10.9. The highest BCUT2D eigenvalue weighted by atomic mass is 16.5. The highest BCUT2D eigenvalue weighted by Gasteiger charge is 2.02. The van der Waals surface area contributed by atoms with Crippen LogP contribution < -0.4 is 16.1 Å². The van der Waals surface area contributed by atoms with Crippen molar-refractivity contribution in [2.75, 3.05) is 0 Å². The predicted octanol–water partition coefficient (Wildman–Crippen LogP) is 1.71. The molecule has 0 bridgehead atoms. The van der Waals surface area contributed by atoms with Gasteiger partial charge in [0.1, 0.15) is 17.8 Å². The number of aromatic nitrogens is 3. The summed E-state index contributed by atoms with van der Waals surface area (Å²) in [5, 5.41) is 0. The first-order valence-electron chi connectivity index (χ1n) is 6.24. The molecule has 0 spiro atoms. The Morgan fingerprint density at radius 3 is 2.24 bits per heavy atom. The van der Waals surface area contributed by atoms with Crippen molar-refractivity contribution in [1.29, 1.82) is 0 Å². The highest BCUT2D eigenvalue weighted by Crippen LogP contribution is 2.21. The maximum Gasteiger partial charge on any atom is 0.350 e. The topological polar surface area (TPSA) is 77.0 Å². The molecule has 21 heavy (non-hydrogen) atoms. The van der Waals surface area contributed by atoms with Gasteiger partial charge >= 0.3 is 11.4 Å². The third-order valence-electron chi connectivity index (χ3n) is 2.82. The number of nitrogens with zero attached hydrogens (tertiary/aromatic N) is 2. The van der Waals surface area contributed by atoms with E-state index in [4.69, 9.17) is 4.74 Å². The van der Waals surface area contributed by atoms with Crippen LogP contribution in [0.1, 0.15) is 0 Å². The Hall–Kier alpha value is -3.15. The minimum atomic E-state index is -0.666. The molecule has 6 heteroatoms. The van der Waals surface area contributed by atoms with E-state index in [-0.39, 0.29) is 0 Å². The lowest BCUT2D eigenvalue weighted by atomic mass is 10.3. The Bertz CT molecular complexity index is 852. The van der Waals surface area contributed by atoms with E-state index in [0.717, 1.165) is 5.75 Å². The second-order valence-corrected chi connectivity index (χ2v) is 4.26. The first-order chi connectivity index (χ1) is 10.2. The zero-order chi connectivity index (χ0) is 14.7. The molecule has 0 saturated carbocycles. The van der Waals surface area contributed by atoms with Gasteiger partial charge < -0.3 is 4.74 Å². The van der Waals surface area contributed by atoms with Crippen molar-refractivity contribution in [3.63, 3.8) is 0 Å². The van der Waals surface area contributed by atoms with Gasteiger partial charge in [0.2, 0.25) is 0 Å². The van der Waals surface area contributed by atoms with E-state index >= 15 is 0 Å². The maximum atomic E-state index is 11.7. The van der Waals surface area contributed by atoms with Crippen molar-refractivity contribution >= 4 is 0 Å². The largest absolute Gasteiger partial charge is 0.457 e. The van der Waals surface area contributed by atoms with E-state index in [1.807, 2.05) is 30.3 Å². The summed E-state index contributed by atoms with van der Waals surface area (Å²) in [6, 6.07) is 16.3. The summed E-state index contributed by atoms with van der Waals surface area (Å²) in [6.45, 7) is 0. The van der Waals surface area contributed by atoms with Crippen LogP contribution in [0, 0.1) is 0 Å². The standard InChI is InChI=1S/C15H11N3O3/c19-14-16-10-18(15(20)17-14)11-6-8-13(9-7-11)21-12-4-2-1-3-5-12/h1-10H,(H,17,19,20). The molecule has 0 aliphatic carbocycles. The summed E-state index contributed by atoms with van der Waals surface area (Å²) < 4.78 is 6.90. The van der Waals surface area contributed by atoms with Crippen molar-refractivity contribution in [3.8, 4) is 17.2 Å². The molecule has 0 atom stereocenters. The van der Waals surface area contributed by atoms with Crippen molar-refractivity contribution in [1.82, 2.24) is 14.5 Å². The molecule has 0 aliphatic heterocycles. The number of rotatable bonds is 3. The first kappa shape index (κ1) is 12.9. The molecule has 104 valence electrons. The Morgan fingerprint density at radius 1 is 0.905 bits per heavy atom. The van der Waals surface area contributed by atoms with Gasteiger partial charge in [-0.05, 0) is 36.4 Å². The monoisotopic (exact) mass is 281 g/mol. The van der Waals surface area contributed by atoms with Crippen LogP contribution in [0.25, 0.3) is 5.69 Å². The van der Waals surface area contributed by atoms with Gasteiger partial charge in [0, 0.05) is 0 Å². The minimum Gasteiger partial charge on any atom is -0.457 e. The zero-order valence-corrected chi connectivity index (χ0v) is 10.9. The quantitative estimate of drug-likeness (QED) is 0.793. The fourth-order valence-corrected chi connectivity index (χ4v) is 1.83. The lowest BCUT2D eigenvalue weighted by molar-refractivity contribution is 0.482. The molecule has 3 rings (SSSR count). The Balaban J connectivity index is 1.87. The van der Waals surface area contributed by atoms with Crippen LogP contribution in [-0.2, 0) is 0 Å². The summed E-state index contributed by atoms with van der Waals surface area (Å²) in [7, 11) is 0. The molecule has 0 amide bonds. The molecule has 1 N–H and O–H groups in total. The lowest BCUT2D eigenvalue weighted by Gasteiger charge is -2.07. The number of aromatic amines is 1. The number of hydrogen-bond donors (Lipinski definition) is 1. The van der Waals surface area contributed by atoms with E-state index in [2.05, 4.69) is 9.97 Å².